The molecule has 0 saturated carbocycles. The van der Waals surface area contributed by atoms with Crippen molar-refractivity contribution >= 4 is 18.1 Å². The highest BCUT2D eigenvalue weighted by Crippen LogP contribution is 2.07. The third kappa shape index (κ3) is 11.8. The van der Waals surface area contributed by atoms with Crippen LogP contribution in [0.1, 0.15) is 44.9 Å². The Hall–Kier alpha value is -0.240. The fourth-order valence-electron chi connectivity index (χ4n) is 1.21. The minimum Gasteiger partial charge on any atom is -0.468 e. The molecule has 0 aromatic heterocycles. The van der Waals surface area contributed by atoms with Crippen LogP contribution >= 0.6 is 11.6 Å². The quantitative estimate of drug-likeness (QED) is 0.312. The van der Waals surface area contributed by atoms with Crippen LogP contribution in [-0.2, 0) is 9.53 Å². The van der Waals surface area contributed by atoms with E-state index < -0.39 is 0 Å². The van der Waals surface area contributed by atoms with Gasteiger partial charge < -0.3 is 4.74 Å². The van der Waals surface area contributed by atoms with Gasteiger partial charge >= 0.3 is 0 Å². The molecule has 0 aromatic carbocycles. The molecular formula is C10H19ClO2. The Morgan fingerprint density at radius 1 is 0.923 bits per heavy atom. The largest absolute Gasteiger partial charge is 0.468 e. The average molecular weight is 207 g/mol. The molecule has 0 spiro atoms. The summed E-state index contributed by atoms with van der Waals surface area (Å²) in [5.41, 5.74) is 0. The number of rotatable bonds is 10. The monoisotopic (exact) mass is 206 g/mol. The van der Waals surface area contributed by atoms with Crippen molar-refractivity contribution < 1.29 is 9.53 Å². The summed E-state index contributed by atoms with van der Waals surface area (Å²) in [6.07, 6.45) is 8.33. The minimum atomic E-state index is 0.514. The lowest BCUT2D eigenvalue weighted by molar-refractivity contribution is -0.128. The Balaban J connectivity index is 2.79. The van der Waals surface area contributed by atoms with E-state index in [4.69, 9.17) is 11.6 Å². The summed E-state index contributed by atoms with van der Waals surface area (Å²) >= 11 is 5.55. The van der Waals surface area contributed by atoms with E-state index in [1.807, 2.05) is 0 Å². The summed E-state index contributed by atoms with van der Waals surface area (Å²) in [4.78, 5) is 9.78. The predicted molar refractivity (Wildman–Crippen MR) is 55.1 cm³/mol. The Bertz CT molecular complexity index is 107. The molecule has 0 rings (SSSR count). The van der Waals surface area contributed by atoms with E-state index >= 15 is 0 Å². The molecule has 0 bridgehead atoms. The van der Waals surface area contributed by atoms with Crippen LogP contribution in [0.3, 0.4) is 0 Å². The summed E-state index contributed by atoms with van der Waals surface area (Å²) in [5, 5.41) is 0. The van der Waals surface area contributed by atoms with Crippen LogP contribution in [0.15, 0.2) is 0 Å². The first-order valence-electron chi connectivity index (χ1n) is 5.03. The molecule has 0 amide bonds. The zero-order chi connectivity index (χ0) is 9.78. The van der Waals surface area contributed by atoms with Gasteiger partial charge in [0.1, 0.15) is 0 Å². The van der Waals surface area contributed by atoms with Crippen LogP contribution in [0.4, 0.5) is 0 Å². The molecule has 0 fully saturated rings. The zero-order valence-corrected chi connectivity index (χ0v) is 8.89. The molecule has 0 aliphatic rings. The number of ether oxygens (including phenoxy) is 1. The SMILES string of the molecule is O=COCCCCCCCCCCl. The maximum Gasteiger partial charge on any atom is 0.293 e. The van der Waals surface area contributed by atoms with Crippen molar-refractivity contribution in [1.82, 2.24) is 0 Å². The van der Waals surface area contributed by atoms with Crippen molar-refractivity contribution in [3.63, 3.8) is 0 Å². The lowest BCUT2D eigenvalue weighted by Gasteiger charge is -2.00. The molecule has 0 unspecified atom stereocenters. The zero-order valence-electron chi connectivity index (χ0n) is 8.14. The normalized spacial score (nSPS) is 9.92. The van der Waals surface area contributed by atoms with Gasteiger partial charge in [0, 0.05) is 5.88 Å². The van der Waals surface area contributed by atoms with E-state index in [2.05, 4.69) is 4.74 Å². The second-order valence-corrected chi connectivity index (χ2v) is 3.51. The van der Waals surface area contributed by atoms with Crippen LogP contribution in [-0.4, -0.2) is 19.0 Å². The summed E-state index contributed by atoms with van der Waals surface area (Å²) < 4.78 is 4.58. The molecule has 3 heteroatoms. The molecule has 0 saturated heterocycles. The molecular weight excluding hydrogens is 188 g/mol. The van der Waals surface area contributed by atoms with Gasteiger partial charge in [-0.25, -0.2) is 0 Å². The molecule has 0 aromatic rings. The number of alkyl halides is 1. The third-order valence-electron chi connectivity index (χ3n) is 1.96. The van der Waals surface area contributed by atoms with Crippen molar-refractivity contribution in [3.05, 3.63) is 0 Å². The molecule has 13 heavy (non-hydrogen) atoms. The van der Waals surface area contributed by atoms with Crippen molar-refractivity contribution in [2.24, 2.45) is 0 Å². The number of carbonyl (C=O) groups is 1. The van der Waals surface area contributed by atoms with Gasteiger partial charge in [0.2, 0.25) is 0 Å². The lowest BCUT2D eigenvalue weighted by atomic mass is 10.1. The number of halogens is 1. The van der Waals surface area contributed by atoms with Gasteiger partial charge in [-0.1, -0.05) is 32.1 Å². The number of unbranched alkanes of at least 4 members (excludes halogenated alkanes) is 6. The van der Waals surface area contributed by atoms with E-state index in [0.717, 1.165) is 25.1 Å². The topological polar surface area (TPSA) is 26.3 Å². The van der Waals surface area contributed by atoms with Gasteiger partial charge in [-0.2, -0.15) is 0 Å². The maximum absolute atomic E-state index is 9.78. The number of carbonyl (C=O) groups excluding carboxylic acids is 1. The van der Waals surface area contributed by atoms with Crippen LogP contribution in [0.5, 0.6) is 0 Å². The molecule has 0 aliphatic carbocycles. The Labute approximate surface area is 85.6 Å². The van der Waals surface area contributed by atoms with Gasteiger partial charge in [0.15, 0.2) is 0 Å². The Kier molecular flexibility index (Phi) is 11.5. The van der Waals surface area contributed by atoms with Crippen molar-refractivity contribution in [2.45, 2.75) is 44.9 Å². The standard InChI is InChI=1S/C10H19ClO2/c11-8-6-4-2-1-3-5-7-9-13-10-12/h10H,1-9H2. The fourth-order valence-corrected chi connectivity index (χ4v) is 1.40. The van der Waals surface area contributed by atoms with Gasteiger partial charge in [-0.15, -0.1) is 11.6 Å². The number of hydrogen-bond acceptors (Lipinski definition) is 2. The molecule has 0 heterocycles. The van der Waals surface area contributed by atoms with E-state index in [1.54, 1.807) is 0 Å². The van der Waals surface area contributed by atoms with Crippen LogP contribution in [0.25, 0.3) is 0 Å². The van der Waals surface area contributed by atoms with Gasteiger partial charge in [0.05, 0.1) is 6.61 Å². The predicted octanol–water partition coefficient (Wildman–Crippen LogP) is 3.13. The van der Waals surface area contributed by atoms with Crippen LogP contribution in [0, 0.1) is 0 Å². The summed E-state index contributed by atoms with van der Waals surface area (Å²) in [7, 11) is 0. The maximum atomic E-state index is 9.78. The average Bonchev–Trinajstić information content (AvgIpc) is 2.16. The smallest absolute Gasteiger partial charge is 0.293 e. The van der Waals surface area contributed by atoms with Crippen molar-refractivity contribution in [3.8, 4) is 0 Å². The fraction of sp³-hybridized carbons (Fsp3) is 0.900. The van der Waals surface area contributed by atoms with Crippen molar-refractivity contribution in [2.75, 3.05) is 12.5 Å². The summed E-state index contributed by atoms with van der Waals surface area (Å²) in [6.45, 7) is 1.09. The van der Waals surface area contributed by atoms with E-state index in [-0.39, 0.29) is 0 Å². The first-order chi connectivity index (χ1) is 6.41. The summed E-state index contributed by atoms with van der Waals surface area (Å²) in [6, 6.07) is 0. The van der Waals surface area contributed by atoms with E-state index in [1.165, 1.54) is 25.7 Å². The van der Waals surface area contributed by atoms with Crippen LogP contribution in [0.2, 0.25) is 0 Å². The molecule has 2 nitrogen and oxygen atoms in total. The second kappa shape index (κ2) is 11.8. The van der Waals surface area contributed by atoms with Gasteiger partial charge in [-0.3, -0.25) is 4.79 Å². The Morgan fingerprint density at radius 2 is 1.46 bits per heavy atom. The first kappa shape index (κ1) is 12.8. The molecule has 0 radical (unpaired) electrons. The second-order valence-electron chi connectivity index (χ2n) is 3.13. The van der Waals surface area contributed by atoms with Crippen LogP contribution < -0.4 is 0 Å². The highest BCUT2D eigenvalue weighted by molar-refractivity contribution is 6.17. The van der Waals surface area contributed by atoms with Gasteiger partial charge in [0.25, 0.3) is 6.47 Å². The van der Waals surface area contributed by atoms with E-state index in [9.17, 15) is 4.79 Å². The lowest BCUT2D eigenvalue weighted by Crippen LogP contribution is -1.91. The Morgan fingerprint density at radius 3 is 2.00 bits per heavy atom. The van der Waals surface area contributed by atoms with E-state index in [0.29, 0.717) is 13.1 Å². The molecule has 78 valence electrons. The first-order valence-corrected chi connectivity index (χ1v) is 5.56. The molecule has 0 N–H and O–H groups in total. The van der Waals surface area contributed by atoms with Crippen molar-refractivity contribution in [1.29, 1.82) is 0 Å². The molecule has 0 aliphatic heterocycles. The minimum absolute atomic E-state index is 0.514. The number of hydrogen-bond donors (Lipinski definition) is 0. The summed E-state index contributed by atoms with van der Waals surface area (Å²) in [5.74, 6) is 0.785. The highest BCUT2D eigenvalue weighted by Gasteiger charge is 1.91. The van der Waals surface area contributed by atoms with Gasteiger partial charge in [-0.05, 0) is 12.8 Å². The molecule has 0 atom stereocenters. The highest BCUT2D eigenvalue weighted by atomic mass is 35.5. The third-order valence-corrected chi connectivity index (χ3v) is 2.23.